The molecule has 0 fully saturated rings. The van der Waals surface area contributed by atoms with Gasteiger partial charge in [-0.15, -0.1) is 0 Å². The Bertz CT molecular complexity index is 940. The molecule has 2 N–H and O–H groups in total. The van der Waals surface area contributed by atoms with Crippen molar-refractivity contribution in [2.75, 3.05) is 0 Å². The van der Waals surface area contributed by atoms with Crippen molar-refractivity contribution in [3.05, 3.63) is 65.5 Å². The molecule has 1 aromatic heterocycles. The third-order valence-corrected chi connectivity index (χ3v) is 4.23. The summed E-state index contributed by atoms with van der Waals surface area (Å²) in [5, 5.41) is 17.8. The van der Waals surface area contributed by atoms with Gasteiger partial charge in [-0.2, -0.15) is 0 Å². The van der Waals surface area contributed by atoms with Crippen LogP contribution in [0.25, 0.3) is 10.8 Å². The van der Waals surface area contributed by atoms with Gasteiger partial charge in [-0.1, -0.05) is 61.5 Å². The van der Waals surface area contributed by atoms with Crippen molar-refractivity contribution >= 4 is 22.6 Å². The number of carboxylic acids is 1. The molecule has 1 amide bonds. The fourth-order valence-electron chi connectivity index (χ4n) is 2.87. The van der Waals surface area contributed by atoms with Crippen molar-refractivity contribution in [3.8, 4) is 0 Å². The van der Waals surface area contributed by atoms with Crippen LogP contribution in [0, 0.1) is 0 Å². The molecule has 0 aliphatic heterocycles. The monoisotopic (exact) mass is 352 g/mol. The van der Waals surface area contributed by atoms with Gasteiger partial charge in [0, 0.05) is 6.07 Å². The van der Waals surface area contributed by atoms with Crippen LogP contribution in [0.1, 0.15) is 54.0 Å². The number of nitrogens with zero attached hydrogens (tertiary/aromatic N) is 1. The van der Waals surface area contributed by atoms with Gasteiger partial charge in [0.25, 0.3) is 5.91 Å². The topological polar surface area (TPSA) is 92.4 Å². The van der Waals surface area contributed by atoms with E-state index < -0.39 is 17.9 Å². The molecule has 0 aliphatic rings. The SMILES string of the molecule is CC(C)c1cc(C(=O)N[C@H](CC(=O)O)c2cccc3ccccc23)on1. The maximum absolute atomic E-state index is 12.5. The molecule has 0 aliphatic carbocycles. The molecule has 3 aromatic rings. The van der Waals surface area contributed by atoms with Crippen LogP contribution in [-0.2, 0) is 4.79 Å². The van der Waals surface area contributed by atoms with E-state index in [0.717, 1.165) is 16.3 Å². The Kier molecular flexibility index (Phi) is 5.02. The fourth-order valence-corrected chi connectivity index (χ4v) is 2.87. The second-order valence-electron chi connectivity index (χ2n) is 6.46. The van der Waals surface area contributed by atoms with Crippen LogP contribution in [-0.4, -0.2) is 22.1 Å². The summed E-state index contributed by atoms with van der Waals surface area (Å²) in [6.07, 6.45) is -0.231. The van der Waals surface area contributed by atoms with E-state index in [1.54, 1.807) is 6.07 Å². The highest BCUT2D eigenvalue weighted by atomic mass is 16.5. The highest BCUT2D eigenvalue weighted by Gasteiger charge is 2.23. The highest BCUT2D eigenvalue weighted by molar-refractivity contribution is 5.93. The molecule has 0 saturated carbocycles. The Morgan fingerprint density at radius 3 is 2.58 bits per heavy atom. The van der Waals surface area contributed by atoms with Crippen LogP contribution in [0.3, 0.4) is 0 Å². The number of carboxylic acid groups (broad SMARTS) is 1. The summed E-state index contributed by atoms with van der Waals surface area (Å²) >= 11 is 0. The van der Waals surface area contributed by atoms with Crippen molar-refractivity contribution in [1.82, 2.24) is 10.5 Å². The quantitative estimate of drug-likeness (QED) is 0.702. The zero-order valence-corrected chi connectivity index (χ0v) is 14.6. The van der Waals surface area contributed by atoms with Crippen LogP contribution in [0.5, 0.6) is 0 Å². The van der Waals surface area contributed by atoms with Gasteiger partial charge in [-0.05, 0) is 22.3 Å². The molecule has 3 rings (SSSR count). The summed E-state index contributed by atoms with van der Waals surface area (Å²) in [5.74, 6) is -1.27. The number of hydrogen-bond donors (Lipinski definition) is 2. The predicted molar refractivity (Wildman–Crippen MR) is 97.0 cm³/mol. The number of fused-ring (bicyclic) bond motifs is 1. The van der Waals surface area contributed by atoms with Gasteiger partial charge in [0.1, 0.15) is 0 Å². The minimum absolute atomic E-state index is 0.0734. The average molecular weight is 352 g/mol. The van der Waals surface area contributed by atoms with Crippen LogP contribution in [0.15, 0.2) is 53.1 Å². The number of nitrogens with one attached hydrogen (secondary N) is 1. The van der Waals surface area contributed by atoms with Crippen molar-refractivity contribution in [2.45, 2.75) is 32.2 Å². The lowest BCUT2D eigenvalue weighted by Gasteiger charge is -2.18. The minimum Gasteiger partial charge on any atom is -0.481 e. The van der Waals surface area contributed by atoms with Crippen molar-refractivity contribution in [2.24, 2.45) is 0 Å². The van der Waals surface area contributed by atoms with E-state index in [1.165, 1.54) is 0 Å². The van der Waals surface area contributed by atoms with E-state index in [-0.39, 0.29) is 18.1 Å². The molecule has 6 heteroatoms. The summed E-state index contributed by atoms with van der Waals surface area (Å²) in [5.41, 5.74) is 1.43. The fraction of sp³-hybridized carbons (Fsp3) is 0.250. The van der Waals surface area contributed by atoms with Crippen LogP contribution < -0.4 is 5.32 Å². The van der Waals surface area contributed by atoms with Gasteiger partial charge in [-0.3, -0.25) is 9.59 Å². The summed E-state index contributed by atoms with van der Waals surface area (Å²) in [7, 11) is 0. The lowest BCUT2D eigenvalue weighted by Crippen LogP contribution is -2.30. The number of benzene rings is 2. The predicted octanol–water partition coefficient (Wildman–Crippen LogP) is 3.90. The molecule has 0 radical (unpaired) electrons. The number of aliphatic carboxylic acids is 1. The number of aromatic nitrogens is 1. The van der Waals surface area contributed by atoms with Crippen LogP contribution >= 0.6 is 0 Å². The Morgan fingerprint density at radius 2 is 1.88 bits per heavy atom. The van der Waals surface area contributed by atoms with E-state index in [2.05, 4.69) is 10.5 Å². The first-order valence-corrected chi connectivity index (χ1v) is 8.42. The molecular weight excluding hydrogens is 332 g/mol. The molecule has 134 valence electrons. The maximum Gasteiger partial charge on any atom is 0.305 e. The molecule has 2 aromatic carbocycles. The molecule has 6 nitrogen and oxygen atoms in total. The number of amides is 1. The Labute approximate surface area is 150 Å². The lowest BCUT2D eigenvalue weighted by atomic mass is 9.96. The standard InChI is InChI=1S/C20H20N2O4/c1-12(2)16-10-18(26-22-16)20(25)21-17(11-19(23)24)15-9-5-7-13-6-3-4-8-14(13)15/h3-10,12,17H,11H2,1-2H3,(H,21,25)(H,23,24)/t17-/m1/s1. The number of carbonyl (C=O) groups is 2. The summed E-state index contributed by atoms with van der Waals surface area (Å²) in [6.45, 7) is 3.89. The Morgan fingerprint density at radius 1 is 1.15 bits per heavy atom. The van der Waals surface area contributed by atoms with Gasteiger partial charge < -0.3 is 14.9 Å². The molecule has 0 spiro atoms. The molecule has 1 atom stereocenters. The third kappa shape index (κ3) is 3.74. The molecule has 0 unspecified atom stereocenters. The first kappa shape index (κ1) is 17.7. The number of hydrogen-bond acceptors (Lipinski definition) is 4. The summed E-state index contributed by atoms with van der Waals surface area (Å²) in [6, 6.07) is 14.2. The molecule has 1 heterocycles. The molecular formula is C20H20N2O4. The van der Waals surface area contributed by atoms with Crippen molar-refractivity contribution < 1.29 is 19.2 Å². The number of carbonyl (C=O) groups excluding carboxylic acids is 1. The highest BCUT2D eigenvalue weighted by Crippen LogP contribution is 2.27. The van der Waals surface area contributed by atoms with E-state index in [0.29, 0.717) is 5.69 Å². The smallest absolute Gasteiger partial charge is 0.305 e. The van der Waals surface area contributed by atoms with Crippen molar-refractivity contribution in [1.29, 1.82) is 0 Å². The van der Waals surface area contributed by atoms with E-state index in [4.69, 9.17) is 4.52 Å². The van der Waals surface area contributed by atoms with E-state index >= 15 is 0 Å². The average Bonchev–Trinajstić information content (AvgIpc) is 3.11. The normalized spacial score (nSPS) is 12.3. The van der Waals surface area contributed by atoms with Crippen LogP contribution in [0.4, 0.5) is 0 Å². The van der Waals surface area contributed by atoms with E-state index in [9.17, 15) is 14.7 Å². The first-order chi connectivity index (χ1) is 12.5. The largest absolute Gasteiger partial charge is 0.481 e. The molecule has 0 bridgehead atoms. The number of rotatable bonds is 6. The zero-order valence-electron chi connectivity index (χ0n) is 14.6. The second kappa shape index (κ2) is 7.39. The third-order valence-electron chi connectivity index (χ3n) is 4.23. The van der Waals surface area contributed by atoms with Gasteiger partial charge in [0.2, 0.25) is 5.76 Å². The maximum atomic E-state index is 12.5. The second-order valence-corrected chi connectivity index (χ2v) is 6.46. The summed E-state index contributed by atoms with van der Waals surface area (Å²) < 4.78 is 5.11. The van der Waals surface area contributed by atoms with Gasteiger partial charge >= 0.3 is 5.97 Å². The van der Waals surface area contributed by atoms with Gasteiger partial charge in [0.15, 0.2) is 0 Å². The lowest BCUT2D eigenvalue weighted by molar-refractivity contribution is -0.137. The molecule has 26 heavy (non-hydrogen) atoms. The van der Waals surface area contributed by atoms with E-state index in [1.807, 2.05) is 56.3 Å². The van der Waals surface area contributed by atoms with Crippen LogP contribution in [0.2, 0.25) is 0 Å². The Balaban J connectivity index is 1.92. The van der Waals surface area contributed by atoms with Crippen molar-refractivity contribution in [3.63, 3.8) is 0 Å². The van der Waals surface area contributed by atoms with Gasteiger partial charge in [0.05, 0.1) is 18.2 Å². The zero-order chi connectivity index (χ0) is 18.7. The Hall–Kier alpha value is -3.15. The first-order valence-electron chi connectivity index (χ1n) is 8.42. The summed E-state index contributed by atoms with van der Waals surface area (Å²) in [4.78, 5) is 23.9. The van der Waals surface area contributed by atoms with Gasteiger partial charge in [-0.25, -0.2) is 0 Å². The minimum atomic E-state index is -0.997. The molecule has 0 saturated heterocycles.